The second-order valence-electron chi connectivity index (χ2n) is 6.78. The predicted molar refractivity (Wildman–Crippen MR) is 81.6 cm³/mol. The van der Waals surface area contributed by atoms with Gasteiger partial charge in [0.2, 0.25) is 0 Å². The van der Waals surface area contributed by atoms with Crippen LogP contribution in [0.15, 0.2) is 23.3 Å². The van der Waals surface area contributed by atoms with E-state index in [0.717, 1.165) is 31.7 Å². The van der Waals surface area contributed by atoms with Gasteiger partial charge in [0.1, 0.15) is 24.1 Å². The maximum Gasteiger partial charge on any atom is 0.126 e. The van der Waals surface area contributed by atoms with E-state index in [0.29, 0.717) is 23.8 Å². The zero-order valence-corrected chi connectivity index (χ0v) is 12.7. The summed E-state index contributed by atoms with van der Waals surface area (Å²) in [5.74, 6) is -0.152. The van der Waals surface area contributed by atoms with Crippen molar-refractivity contribution in [3.8, 4) is 0 Å². The molecule has 0 bridgehead atoms. The van der Waals surface area contributed by atoms with Gasteiger partial charge in [-0.3, -0.25) is 10.3 Å². The molecule has 0 spiro atoms. The van der Waals surface area contributed by atoms with E-state index in [1.807, 2.05) is 5.01 Å². The summed E-state index contributed by atoms with van der Waals surface area (Å²) in [7, 11) is 0. The second-order valence-corrected chi connectivity index (χ2v) is 6.78. The molecule has 122 valence electrons. The summed E-state index contributed by atoms with van der Waals surface area (Å²) in [6, 6.07) is 3.49. The van der Waals surface area contributed by atoms with E-state index >= 15 is 0 Å². The fourth-order valence-electron chi connectivity index (χ4n) is 4.40. The summed E-state index contributed by atoms with van der Waals surface area (Å²) < 4.78 is 27.1. The molecule has 1 aromatic rings. The van der Waals surface area contributed by atoms with E-state index in [1.165, 1.54) is 12.1 Å². The van der Waals surface area contributed by atoms with Crippen LogP contribution in [0.4, 0.5) is 8.78 Å². The highest BCUT2D eigenvalue weighted by atomic mass is 19.1. The van der Waals surface area contributed by atoms with Crippen molar-refractivity contribution in [2.45, 2.75) is 31.5 Å². The van der Waals surface area contributed by atoms with Crippen LogP contribution < -0.4 is 5.32 Å². The lowest BCUT2D eigenvalue weighted by atomic mass is 9.96. The Morgan fingerprint density at radius 1 is 1.22 bits per heavy atom. The van der Waals surface area contributed by atoms with Crippen LogP contribution in [-0.4, -0.2) is 30.2 Å². The van der Waals surface area contributed by atoms with Gasteiger partial charge in [-0.25, -0.2) is 8.78 Å². The van der Waals surface area contributed by atoms with Gasteiger partial charge in [0.25, 0.3) is 0 Å². The Morgan fingerprint density at radius 2 is 2.00 bits per heavy atom. The molecule has 2 fully saturated rings. The number of carbonyl (C=O) groups is 1. The first kappa shape index (κ1) is 14.8. The number of rotatable bonds is 3. The minimum atomic E-state index is -0.564. The molecule has 1 aliphatic carbocycles. The van der Waals surface area contributed by atoms with Crippen LogP contribution in [0.3, 0.4) is 0 Å². The molecule has 1 N–H and O–H groups in total. The fourth-order valence-corrected chi connectivity index (χ4v) is 4.40. The molecule has 1 aromatic carbocycles. The van der Waals surface area contributed by atoms with Crippen molar-refractivity contribution in [2.75, 3.05) is 6.54 Å². The van der Waals surface area contributed by atoms with E-state index < -0.39 is 11.6 Å². The molecule has 5 atom stereocenters. The highest BCUT2D eigenvalue weighted by molar-refractivity contribution is 5.61. The summed E-state index contributed by atoms with van der Waals surface area (Å²) in [5, 5.41) is 9.88. The van der Waals surface area contributed by atoms with E-state index in [9.17, 15) is 13.6 Å². The number of benzene rings is 1. The van der Waals surface area contributed by atoms with Crippen molar-refractivity contribution in [1.29, 1.82) is 0 Å². The minimum absolute atomic E-state index is 0.0278. The van der Waals surface area contributed by atoms with Crippen LogP contribution in [0.25, 0.3) is 0 Å². The SMILES string of the molecule is O=CC1C[C@H]2CNC(N3N=CCC3c3cc(F)cc(F)c3)[C@H]2C1. The third-order valence-electron chi connectivity index (χ3n) is 5.39. The highest BCUT2D eigenvalue weighted by Crippen LogP contribution is 2.44. The van der Waals surface area contributed by atoms with Crippen molar-refractivity contribution in [3.63, 3.8) is 0 Å². The molecule has 6 heteroatoms. The molecular weight excluding hydrogens is 300 g/mol. The molecule has 4 nitrogen and oxygen atoms in total. The molecule has 23 heavy (non-hydrogen) atoms. The number of nitrogens with one attached hydrogen (secondary N) is 1. The lowest BCUT2D eigenvalue weighted by Gasteiger charge is -2.33. The molecule has 3 unspecified atom stereocenters. The average Bonchev–Trinajstić information content (AvgIpc) is 3.20. The molecule has 0 aromatic heterocycles. The van der Waals surface area contributed by atoms with Gasteiger partial charge in [0.05, 0.1) is 6.04 Å². The topological polar surface area (TPSA) is 44.7 Å². The molecule has 4 rings (SSSR count). The lowest BCUT2D eigenvalue weighted by molar-refractivity contribution is -0.111. The van der Waals surface area contributed by atoms with Crippen LogP contribution in [-0.2, 0) is 4.79 Å². The zero-order chi connectivity index (χ0) is 16.0. The standard InChI is InChI=1S/C17H19F2N3O/c18-13-5-11(6-14(19)7-13)16-1-2-21-22(16)17-15-4-10(9-23)3-12(15)8-20-17/h2,5-7,9-10,12,15-17,20H,1,3-4,8H2/t10?,12-,15-,16?,17?/m0/s1. The Labute approximate surface area is 133 Å². The van der Waals surface area contributed by atoms with Crippen molar-refractivity contribution in [3.05, 3.63) is 35.4 Å². The van der Waals surface area contributed by atoms with Gasteiger partial charge in [0.15, 0.2) is 0 Å². The van der Waals surface area contributed by atoms with Gasteiger partial charge in [-0.1, -0.05) is 0 Å². The van der Waals surface area contributed by atoms with Crippen LogP contribution >= 0.6 is 0 Å². The zero-order valence-electron chi connectivity index (χ0n) is 12.7. The number of hydrogen-bond acceptors (Lipinski definition) is 4. The van der Waals surface area contributed by atoms with Crippen molar-refractivity contribution in [2.24, 2.45) is 22.9 Å². The van der Waals surface area contributed by atoms with E-state index in [-0.39, 0.29) is 18.1 Å². The summed E-state index contributed by atoms with van der Waals surface area (Å²) in [6.45, 7) is 0.871. The first-order valence-electron chi connectivity index (χ1n) is 8.11. The molecule has 0 radical (unpaired) electrons. The summed E-state index contributed by atoms with van der Waals surface area (Å²) in [5.41, 5.74) is 0.607. The average molecular weight is 319 g/mol. The normalized spacial score (nSPS) is 35.7. The summed E-state index contributed by atoms with van der Waals surface area (Å²) in [6.07, 6.45) is 5.31. The summed E-state index contributed by atoms with van der Waals surface area (Å²) >= 11 is 0. The largest absolute Gasteiger partial charge is 0.303 e. The Bertz CT molecular complexity index is 630. The van der Waals surface area contributed by atoms with Gasteiger partial charge in [0, 0.05) is 31.2 Å². The highest BCUT2D eigenvalue weighted by Gasteiger charge is 2.47. The fraction of sp³-hybridized carbons (Fsp3) is 0.529. The number of nitrogens with zero attached hydrogens (tertiary/aromatic N) is 2. The van der Waals surface area contributed by atoms with Gasteiger partial charge in [-0.2, -0.15) is 5.10 Å². The van der Waals surface area contributed by atoms with Crippen molar-refractivity contribution >= 4 is 12.5 Å². The molecule has 0 amide bonds. The Kier molecular flexibility index (Phi) is 3.64. The Hall–Kier alpha value is -1.82. The number of fused-ring (bicyclic) bond motifs is 1. The van der Waals surface area contributed by atoms with E-state index in [4.69, 9.17) is 0 Å². The number of hydrogen-bond donors (Lipinski definition) is 1. The molecule has 2 heterocycles. The first-order chi connectivity index (χ1) is 11.2. The maximum atomic E-state index is 13.5. The quantitative estimate of drug-likeness (QED) is 0.871. The van der Waals surface area contributed by atoms with Crippen LogP contribution in [0.5, 0.6) is 0 Å². The van der Waals surface area contributed by atoms with E-state index in [2.05, 4.69) is 10.4 Å². The molecule has 2 aliphatic heterocycles. The van der Waals surface area contributed by atoms with Gasteiger partial charge >= 0.3 is 0 Å². The van der Waals surface area contributed by atoms with Gasteiger partial charge in [-0.05, 0) is 42.4 Å². The molecule has 1 saturated carbocycles. The van der Waals surface area contributed by atoms with Crippen LogP contribution in [0.2, 0.25) is 0 Å². The Balaban J connectivity index is 1.58. The second kappa shape index (κ2) is 5.67. The smallest absolute Gasteiger partial charge is 0.126 e. The number of aldehydes is 1. The maximum absolute atomic E-state index is 13.5. The van der Waals surface area contributed by atoms with E-state index in [1.54, 1.807) is 6.21 Å². The number of halogens is 2. The number of hydrazone groups is 1. The molecule has 3 aliphatic rings. The monoisotopic (exact) mass is 319 g/mol. The van der Waals surface area contributed by atoms with Gasteiger partial charge in [-0.15, -0.1) is 0 Å². The Morgan fingerprint density at radius 3 is 2.74 bits per heavy atom. The van der Waals surface area contributed by atoms with Crippen LogP contribution in [0, 0.1) is 29.4 Å². The third-order valence-corrected chi connectivity index (χ3v) is 5.39. The van der Waals surface area contributed by atoms with Crippen LogP contribution in [0.1, 0.15) is 30.9 Å². The minimum Gasteiger partial charge on any atom is -0.303 e. The molecule has 1 saturated heterocycles. The molecular formula is C17H19F2N3O. The predicted octanol–water partition coefficient (Wildman–Crippen LogP) is 2.47. The summed E-state index contributed by atoms with van der Waals surface area (Å²) in [4.78, 5) is 11.1. The van der Waals surface area contributed by atoms with Crippen molar-refractivity contribution < 1.29 is 13.6 Å². The van der Waals surface area contributed by atoms with Gasteiger partial charge < -0.3 is 4.79 Å². The lowest BCUT2D eigenvalue weighted by Crippen LogP contribution is -2.43. The third kappa shape index (κ3) is 2.55. The first-order valence-corrected chi connectivity index (χ1v) is 8.11. The number of carbonyl (C=O) groups excluding carboxylic acids is 1. The van der Waals surface area contributed by atoms with Crippen molar-refractivity contribution in [1.82, 2.24) is 10.3 Å².